The molecule has 1 fully saturated rings. The topological polar surface area (TPSA) is 101 Å². The van der Waals surface area contributed by atoms with E-state index in [4.69, 9.17) is 14.6 Å². The van der Waals surface area contributed by atoms with Gasteiger partial charge in [-0.3, -0.25) is 23.9 Å². The highest BCUT2D eigenvalue weighted by atomic mass is 32.1. The molecule has 0 spiro atoms. The van der Waals surface area contributed by atoms with E-state index in [0.29, 0.717) is 30.7 Å². The molecule has 1 saturated heterocycles. The van der Waals surface area contributed by atoms with Gasteiger partial charge < -0.3 is 19.5 Å². The molecule has 0 atom stereocenters. The molecular weight excluding hydrogens is 723 g/mol. The molecule has 2 aromatic carbocycles. The predicted molar refractivity (Wildman–Crippen MR) is 230 cm³/mol. The summed E-state index contributed by atoms with van der Waals surface area (Å²) in [6.07, 6.45) is 21.5. The van der Waals surface area contributed by atoms with Crippen molar-refractivity contribution in [1.82, 2.24) is 9.47 Å². The number of piperazine rings is 1. The fraction of sp³-hybridized carbons (Fsp3) is 0.587. The monoisotopic (exact) mass is 787 g/mol. The van der Waals surface area contributed by atoms with Crippen LogP contribution in [0.15, 0.2) is 64.8 Å². The Morgan fingerprint density at radius 3 is 1.96 bits per heavy atom. The average Bonchev–Trinajstić information content (AvgIpc) is 3.69. The zero-order valence-electron chi connectivity index (χ0n) is 33.6. The highest BCUT2D eigenvalue weighted by molar-refractivity contribution is 7.17. The summed E-state index contributed by atoms with van der Waals surface area (Å²) < 4.78 is 14.6. The molecule has 0 amide bonds. The van der Waals surface area contributed by atoms with Gasteiger partial charge >= 0.3 is 11.9 Å². The molecular formula is C46H65N3O6S. The maximum Gasteiger partial charge on any atom is 0.307 e. The maximum absolute atomic E-state index is 12.8. The number of carboxylic acids is 1. The van der Waals surface area contributed by atoms with Crippen LogP contribution < -0.4 is 15.2 Å². The van der Waals surface area contributed by atoms with E-state index < -0.39 is 5.97 Å². The number of hydrogen-bond acceptors (Lipinski definition) is 8. The first-order chi connectivity index (χ1) is 27.5. The molecule has 56 heavy (non-hydrogen) atoms. The highest BCUT2D eigenvalue weighted by Gasteiger charge is 2.18. The summed E-state index contributed by atoms with van der Waals surface area (Å²) in [6.45, 7) is 5.81. The lowest BCUT2D eigenvalue weighted by Crippen LogP contribution is -2.46. The van der Waals surface area contributed by atoms with Crippen molar-refractivity contribution < 1.29 is 24.2 Å². The van der Waals surface area contributed by atoms with E-state index in [0.717, 1.165) is 89.5 Å². The number of carboxylic acid groups (broad SMARTS) is 1. The molecule has 1 aliphatic rings. The maximum atomic E-state index is 12.8. The lowest BCUT2D eigenvalue weighted by molar-refractivity contribution is -0.147. The second kappa shape index (κ2) is 24.7. The number of ether oxygens (including phenoxy) is 2. The van der Waals surface area contributed by atoms with Gasteiger partial charge in [0, 0.05) is 66.9 Å². The van der Waals surface area contributed by atoms with E-state index in [-0.39, 0.29) is 18.3 Å². The third-order valence-electron chi connectivity index (χ3n) is 11.2. The molecule has 5 rings (SSSR count). The summed E-state index contributed by atoms with van der Waals surface area (Å²) >= 11 is 1.81. The third-order valence-corrected chi connectivity index (χ3v) is 12.0. The first-order valence-corrected chi connectivity index (χ1v) is 22.4. The van der Waals surface area contributed by atoms with E-state index in [2.05, 4.69) is 39.4 Å². The second-order valence-electron chi connectivity index (χ2n) is 15.5. The third kappa shape index (κ3) is 14.9. The zero-order valence-corrected chi connectivity index (χ0v) is 34.4. The minimum atomic E-state index is -0.682. The van der Waals surface area contributed by atoms with Gasteiger partial charge in [-0.25, -0.2) is 0 Å². The van der Waals surface area contributed by atoms with Crippen molar-refractivity contribution in [3.05, 3.63) is 70.3 Å². The summed E-state index contributed by atoms with van der Waals surface area (Å²) in [5.74, 6) is -0.228. The van der Waals surface area contributed by atoms with Crippen molar-refractivity contribution >= 4 is 50.0 Å². The fourth-order valence-corrected chi connectivity index (χ4v) is 8.62. The van der Waals surface area contributed by atoms with Crippen molar-refractivity contribution in [3.8, 4) is 5.75 Å². The van der Waals surface area contributed by atoms with Crippen molar-refractivity contribution in [2.24, 2.45) is 0 Å². The summed E-state index contributed by atoms with van der Waals surface area (Å²) in [4.78, 5) is 41.0. The number of thiophene rings is 1. The molecule has 9 nitrogen and oxygen atoms in total. The van der Waals surface area contributed by atoms with Crippen molar-refractivity contribution in [1.29, 1.82) is 0 Å². The molecule has 306 valence electrons. The Bertz CT molecular complexity index is 1810. The van der Waals surface area contributed by atoms with Gasteiger partial charge in [0.1, 0.15) is 5.75 Å². The molecule has 0 aliphatic carbocycles. The highest BCUT2D eigenvalue weighted by Crippen LogP contribution is 2.31. The van der Waals surface area contributed by atoms with Crippen LogP contribution in [0.3, 0.4) is 0 Å². The summed E-state index contributed by atoms with van der Waals surface area (Å²) in [6, 6.07) is 18.0. The lowest BCUT2D eigenvalue weighted by Gasteiger charge is -2.36. The largest absolute Gasteiger partial charge is 0.494 e. The van der Waals surface area contributed by atoms with Gasteiger partial charge in [-0.1, -0.05) is 96.0 Å². The number of fused-ring (bicyclic) bond motifs is 2. The molecule has 10 heteroatoms. The number of pyridine rings is 1. The Morgan fingerprint density at radius 1 is 0.679 bits per heavy atom. The zero-order chi connectivity index (χ0) is 39.2. The van der Waals surface area contributed by atoms with Crippen LogP contribution in [0.4, 0.5) is 5.69 Å². The smallest absolute Gasteiger partial charge is 0.307 e. The SMILES string of the molecule is O=C(O)CCCCCCCCCCCCCCCCCCC(=O)OCn1c(=O)ccc2ccc(OCCCCN3CCN(c4cccc5sccc45)CC3)cc21. The molecule has 0 radical (unpaired) electrons. The van der Waals surface area contributed by atoms with Gasteiger partial charge in [0.15, 0.2) is 6.73 Å². The van der Waals surface area contributed by atoms with Gasteiger partial charge in [0.2, 0.25) is 0 Å². The molecule has 0 unspecified atom stereocenters. The van der Waals surface area contributed by atoms with Gasteiger partial charge in [0.05, 0.1) is 12.1 Å². The van der Waals surface area contributed by atoms with Crippen LogP contribution in [0.25, 0.3) is 21.0 Å². The molecule has 0 bridgehead atoms. The number of unbranched alkanes of at least 4 members (excludes halogenated alkanes) is 16. The molecule has 3 heterocycles. The molecule has 0 saturated carbocycles. The van der Waals surface area contributed by atoms with Crippen molar-refractivity contribution in [2.75, 3.05) is 44.2 Å². The minimum Gasteiger partial charge on any atom is -0.494 e. The number of benzene rings is 2. The molecule has 2 aromatic heterocycles. The summed E-state index contributed by atoms with van der Waals surface area (Å²) in [5.41, 5.74) is 1.87. The average molecular weight is 788 g/mol. The van der Waals surface area contributed by atoms with E-state index in [1.807, 2.05) is 18.2 Å². The number of aliphatic carboxylic acids is 1. The Morgan fingerprint density at radius 2 is 1.30 bits per heavy atom. The number of aromatic nitrogens is 1. The van der Waals surface area contributed by atoms with Crippen molar-refractivity contribution in [2.45, 2.75) is 135 Å². The van der Waals surface area contributed by atoms with E-state index >= 15 is 0 Å². The standard InChI is InChI=1S/C46H65N3O6S/c50-44-27-25-38-24-26-39(54-34-18-17-29-47-30-32-48(33-31-47)41-20-19-21-43-40(41)28-35-56-43)36-42(38)49(44)37-55-46(53)23-16-14-12-10-8-6-4-2-1-3-5-7-9-11-13-15-22-45(51)52/h19-21,24-28,35-36H,1-18,22-23,29-34,37H2,(H,51,52). The first kappa shape index (κ1) is 43.2. The molecule has 1 aliphatic heterocycles. The van der Waals surface area contributed by atoms with Crippen LogP contribution in [0.2, 0.25) is 0 Å². The number of carbonyl (C=O) groups excluding carboxylic acids is 1. The van der Waals surface area contributed by atoms with Gasteiger partial charge in [-0.05, 0) is 79.4 Å². The Kier molecular flexibility index (Phi) is 19.1. The van der Waals surface area contributed by atoms with Crippen LogP contribution in [-0.2, 0) is 21.1 Å². The summed E-state index contributed by atoms with van der Waals surface area (Å²) in [5, 5.41) is 13.1. The van der Waals surface area contributed by atoms with Gasteiger partial charge in [-0.2, -0.15) is 0 Å². The molecule has 1 N–H and O–H groups in total. The fourth-order valence-electron chi connectivity index (χ4n) is 7.81. The number of nitrogens with zero attached hydrogens (tertiary/aromatic N) is 3. The van der Waals surface area contributed by atoms with Crippen LogP contribution in [-0.4, -0.2) is 65.8 Å². The van der Waals surface area contributed by atoms with E-state index in [9.17, 15) is 14.4 Å². The number of rotatable bonds is 28. The van der Waals surface area contributed by atoms with E-state index in [1.165, 1.54) is 90.6 Å². The lowest BCUT2D eigenvalue weighted by atomic mass is 10.0. The minimum absolute atomic E-state index is 0.0945. The van der Waals surface area contributed by atoms with Crippen molar-refractivity contribution in [3.63, 3.8) is 0 Å². The number of anilines is 1. The normalized spacial score (nSPS) is 13.5. The Labute approximate surface area is 338 Å². The predicted octanol–water partition coefficient (Wildman–Crippen LogP) is 10.8. The van der Waals surface area contributed by atoms with Gasteiger partial charge in [0.25, 0.3) is 5.56 Å². The van der Waals surface area contributed by atoms with Crippen LogP contribution >= 0.6 is 11.3 Å². The number of hydrogen-bond donors (Lipinski definition) is 1. The summed E-state index contributed by atoms with van der Waals surface area (Å²) in [7, 11) is 0. The number of esters is 1. The van der Waals surface area contributed by atoms with Crippen LogP contribution in [0.1, 0.15) is 128 Å². The number of carbonyl (C=O) groups is 2. The first-order valence-electron chi connectivity index (χ1n) is 21.6. The second-order valence-corrected chi connectivity index (χ2v) is 16.5. The Balaban J connectivity index is 0.882. The van der Waals surface area contributed by atoms with Gasteiger partial charge in [-0.15, -0.1) is 11.3 Å². The molecule has 4 aromatic rings. The Hall–Kier alpha value is -3.89. The van der Waals surface area contributed by atoms with Crippen LogP contribution in [0.5, 0.6) is 5.75 Å². The van der Waals surface area contributed by atoms with Crippen LogP contribution in [0, 0.1) is 0 Å². The van der Waals surface area contributed by atoms with E-state index in [1.54, 1.807) is 17.4 Å². The quantitative estimate of drug-likeness (QED) is 0.0448.